The number of nitrogens with zero attached hydrogens (tertiary/aromatic N) is 2. The van der Waals surface area contributed by atoms with Crippen LogP contribution in [0.2, 0.25) is 0 Å². The summed E-state index contributed by atoms with van der Waals surface area (Å²) in [5.41, 5.74) is 4.79. The molecule has 0 aliphatic heterocycles. The molecule has 1 heterocycles. The van der Waals surface area contributed by atoms with Crippen LogP contribution in [0.15, 0.2) is 27.1 Å². The number of nitrogens with one attached hydrogen (secondary N) is 1. The number of anilines is 1. The van der Waals surface area contributed by atoms with Crippen molar-refractivity contribution in [1.29, 1.82) is 0 Å². The van der Waals surface area contributed by atoms with Gasteiger partial charge in [0.1, 0.15) is 0 Å². The van der Waals surface area contributed by atoms with Gasteiger partial charge in [-0.1, -0.05) is 13.3 Å². The van der Waals surface area contributed by atoms with Gasteiger partial charge in [0.15, 0.2) is 11.5 Å². The lowest BCUT2D eigenvalue weighted by Crippen LogP contribution is -2.00. The van der Waals surface area contributed by atoms with Gasteiger partial charge in [0, 0.05) is 15.4 Å². The van der Waals surface area contributed by atoms with Crippen LogP contribution in [0.3, 0.4) is 0 Å². The average Bonchev–Trinajstić information content (AvgIpc) is 2.95. The van der Waals surface area contributed by atoms with Gasteiger partial charge in [0.05, 0.1) is 25.6 Å². The number of benzene rings is 1. The summed E-state index contributed by atoms with van der Waals surface area (Å²) in [6.45, 7) is 4.76. The Balaban J connectivity index is 2.09. The molecular formula is C16H20BrN3O2S. The third-order valence-corrected chi connectivity index (χ3v) is 4.57. The van der Waals surface area contributed by atoms with E-state index in [1.165, 1.54) is 11.3 Å². The Hall–Kier alpha value is -1.60. The van der Waals surface area contributed by atoms with Crippen molar-refractivity contribution >= 4 is 38.6 Å². The minimum atomic E-state index is 0.678. The highest BCUT2D eigenvalue weighted by Crippen LogP contribution is 2.33. The van der Waals surface area contributed by atoms with Crippen molar-refractivity contribution in [3.05, 3.63) is 33.2 Å². The van der Waals surface area contributed by atoms with E-state index in [1.807, 2.05) is 24.4 Å². The first-order valence-corrected chi connectivity index (χ1v) is 9.02. The minimum absolute atomic E-state index is 0.678. The third kappa shape index (κ3) is 5.21. The van der Waals surface area contributed by atoms with Crippen LogP contribution in [-0.2, 0) is 0 Å². The molecule has 7 heteroatoms. The van der Waals surface area contributed by atoms with E-state index in [1.54, 1.807) is 13.3 Å². The van der Waals surface area contributed by atoms with Crippen LogP contribution in [0, 0.1) is 6.92 Å². The number of aromatic nitrogens is 1. The molecule has 0 radical (unpaired) electrons. The summed E-state index contributed by atoms with van der Waals surface area (Å²) >= 11 is 5.06. The van der Waals surface area contributed by atoms with E-state index in [9.17, 15) is 0 Å². The van der Waals surface area contributed by atoms with Crippen LogP contribution in [0.5, 0.6) is 11.5 Å². The third-order valence-electron chi connectivity index (χ3n) is 3.02. The molecule has 1 aromatic heterocycles. The highest BCUT2D eigenvalue weighted by molar-refractivity contribution is 9.10. The molecule has 0 atom stereocenters. The number of unbranched alkanes of at least 4 members (excludes halogenated alkanes) is 1. The van der Waals surface area contributed by atoms with Crippen LogP contribution in [0.25, 0.3) is 0 Å². The molecule has 2 rings (SSSR count). The van der Waals surface area contributed by atoms with Gasteiger partial charge in [-0.05, 0) is 41.4 Å². The molecule has 0 fully saturated rings. The molecule has 0 aliphatic carbocycles. The van der Waals surface area contributed by atoms with E-state index in [0.29, 0.717) is 12.4 Å². The molecule has 0 unspecified atom stereocenters. The Kier molecular flexibility index (Phi) is 6.85. The predicted octanol–water partition coefficient (Wildman–Crippen LogP) is 4.85. The second kappa shape index (κ2) is 8.88. The van der Waals surface area contributed by atoms with Gasteiger partial charge >= 0.3 is 0 Å². The van der Waals surface area contributed by atoms with Crippen molar-refractivity contribution in [2.75, 3.05) is 19.1 Å². The zero-order valence-corrected chi connectivity index (χ0v) is 15.8. The van der Waals surface area contributed by atoms with Gasteiger partial charge in [-0.25, -0.2) is 4.98 Å². The SMILES string of the molecule is CCCCOc1cc(Br)c(C=NNc2nc(C)cs2)cc1OC. The molecule has 23 heavy (non-hydrogen) atoms. The van der Waals surface area contributed by atoms with Gasteiger partial charge in [-0.3, -0.25) is 5.43 Å². The standard InChI is InChI=1S/C16H20BrN3O2S/c1-4-5-6-22-15-8-13(17)12(7-14(15)21-3)9-18-20-16-19-11(2)10-23-16/h7-10H,4-6H2,1-3H3,(H,19,20). The van der Waals surface area contributed by atoms with Crippen molar-refractivity contribution in [1.82, 2.24) is 4.98 Å². The Bertz CT molecular complexity index is 673. The summed E-state index contributed by atoms with van der Waals surface area (Å²) in [4.78, 5) is 4.29. The molecule has 0 spiro atoms. The highest BCUT2D eigenvalue weighted by Gasteiger charge is 2.09. The van der Waals surface area contributed by atoms with Crippen molar-refractivity contribution in [2.24, 2.45) is 5.10 Å². The Morgan fingerprint density at radius 1 is 1.39 bits per heavy atom. The van der Waals surface area contributed by atoms with Crippen LogP contribution in [-0.4, -0.2) is 24.9 Å². The molecular weight excluding hydrogens is 378 g/mol. The molecule has 0 amide bonds. The fourth-order valence-corrected chi connectivity index (χ4v) is 2.87. The topological polar surface area (TPSA) is 55.7 Å². The van der Waals surface area contributed by atoms with Gasteiger partial charge < -0.3 is 9.47 Å². The van der Waals surface area contributed by atoms with E-state index < -0.39 is 0 Å². The van der Waals surface area contributed by atoms with Crippen LogP contribution < -0.4 is 14.9 Å². The molecule has 124 valence electrons. The predicted molar refractivity (Wildman–Crippen MR) is 99.2 cm³/mol. The van der Waals surface area contributed by atoms with Crippen LogP contribution in [0.4, 0.5) is 5.13 Å². The summed E-state index contributed by atoms with van der Waals surface area (Å²) in [5.74, 6) is 1.42. The molecule has 0 saturated heterocycles. The summed E-state index contributed by atoms with van der Waals surface area (Å²) in [5, 5.41) is 6.95. The van der Waals surface area contributed by atoms with E-state index in [-0.39, 0.29) is 0 Å². The number of hydrogen-bond acceptors (Lipinski definition) is 6. The average molecular weight is 398 g/mol. The van der Waals surface area contributed by atoms with E-state index in [4.69, 9.17) is 9.47 Å². The molecule has 2 aromatic rings. The first-order valence-electron chi connectivity index (χ1n) is 7.35. The largest absolute Gasteiger partial charge is 0.493 e. The lowest BCUT2D eigenvalue weighted by atomic mass is 10.2. The molecule has 0 bridgehead atoms. The lowest BCUT2D eigenvalue weighted by molar-refractivity contribution is 0.288. The number of halogens is 1. The van der Waals surface area contributed by atoms with Crippen molar-refractivity contribution in [3.8, 4) is 11.5 Å². The first kappa shape index (κ1) is 17.7. The summed E-state index contributed by atoms with van der Waals surface area (Å²) in [7, 11) is 1.63. The van der Waals surface area contributed by atoms with Gasteiger partial charge in [0.25, 0.3) is 0 Å². The smallest absolute Gasteiger partial charge is 0.203 e. The number of rotatable bonds is 8. The van der Waals surface area contributed by atoms with E-state index in [0.717, 1.165) is 39.5 Å². The normalized spacial score (nSPS) is 11.0. The highest BCUT2D eigenvalue weighted by atomic mass is 79.9. The van der Waals surface area contributed by atoms with E-state index >= 15 is 0 Å². The monoisotopic (exact) mass is 397 g/mol. The zero-order chi connectivity index (χ0) is 16.7. The summed E-state index contributed by atoms with van der Waals surface area (Å²) in [6.07, 6.45) is 3.83. The fraction of sp³-hybridized carbons (Fsp3) is 0.375. The molecule has 1 N–H and O–H groups in total. The Labute approximate surface area is 148 Å². The second-order valence-corrected chi connectivity index (χ2v) is 6.60. The van der Waals surface area contributed by atoms with Crippen LogP contribution in [0.1, 0.15) is 31.0 Å². The maximum atomic E-state index is 5.76. The quantitative estimate of drug-likeness (QED) is 0.393. The fourth-order valence-electron chi connectivity index (χ4n) is 1.81. The molecule has 0 aliphatic rings. The lowest BCUT2D eigenvalue weighted by Gasteiger charge is -2.12. The molecule has 5 nitrogen and oxygen atoms in total. The minimum Gasteiger partial charge on any atom is -0.493 e. The number of ether oxygens (including phenoxy) is 2. The molecule has 1 aromatic carbocycles. The number of methoxy groups -OCH3 is 1. The number of hydrazone groups is 1. The summed E-state index contributed by atoms with van der Waals surface area (Å²) < 4.78 is 12.1. The Morgan fingerprint density at radius 2 is 2.22 bits per heavy atom. The second-order valence-electron chi connectivity index (χ2n) is 4.89. The van der Waals surface area contributed by atoms with Gasteiger partial charge in [0.2, 0.25) is 5.13 Å². The zero-order valence-electron chi connectivity index (χ0n) is 13.4. The van der Waals surface area contributed by atoms with Gasteiger partial charge in [-0.15, -0.1) is 11.3 Å². The van der Waals surface area contributed by atoms with Gasteiger partial charge in [-0.2, -0.15) is 5.10 Å². The maximum Gasteiger partial charge on any atom is 0.203 e. The Morgan fingerprint density at radius 3 is 2.87 bits per heavy atom. The number of aryl methyl sites for hydroxylation is 1. The maximum absolute atomic E-state index is 5.76. The summed E-state index contributed by atoms with van der Waals surface area (Å²) in [6, 6.07) is 3.80. The number of thiazole rings is 1. The van der Waals surface area contributed by atoms with E-state index in [2.05, 4.69) is 38.4 Å². The van der Waals surface area contributed by atoms with Crippen molar-refractivity contribution < 1.29 is 9.47 Å². The van der Waals surface area contributed by atoms with Crippen LogP contribution >= 0.6 is 27.3 Å². The van der Waals surface area contributed by atoms with Crippen molar-refractivity contribution in [2.45, 2.75) is 26.7 Å². The van der Waals surface area contributed by atoms with Crippen molar-refractivity contribution in [3.63, 3.8) is 0 Å². The number of hydrogen-bond donors (Lipinski definition) is 1. The molecule has 0 saturated carbocycles. The first-order chi connectivity index (χ1) is 11.1.